The molecule has 6 heteroatoms. The van der Waals surface area contributed by atoms with Crippen molar-refractivity contribution in [2.45, 2.75) is 6.54 Å². The maximum Gasteiger partial charge on any atom is 0.317 e. The lowest BCUT2D eigenvalue weighted by Gasteiger charge is -2.33. The second-order valence-electron chi connectivity index (χ2n) is 4.69. The van der Waals surface area contributed by atoms with Crippen LogP contribution >= 0.6 is 27.5 Å². The third-order valence-corrected chi connectivity index (χ3v) is 4.45. The molecule has 1 aliphatic heterocycles. The normalized spacial score (nSPS) is 17.6. The number of benzene rings is 1. The molecule has 1 saturated heterocycles. The standard InChI is InChI=1S/C13H16BrClN2O2/c14-11-2-1-10(7-12(11)15)8-16-3-5-17(6-4-16)9-13(18)19/h1-2,7H,3-6,8-9H2,(H,18,19). The predicted molar refractivity (Wildman–Crippen MR) is 78.5 cm³/mol. The summed E-state index contributed by atoms with van der Waals surface area (Å²) in [5, 5.41) is 9.47. The summed E-state index contributed by atoms with van der Waals surface area (Å²) in [6, 6.07) is 5.98. The van der Waals surface area contributed by atoms with Gasteiger partial charge in [0.15, 0.2) is 0 Å². The molecule has 1 aromatic rings. The van der Waals surface area contributed by atoms with Gasteiger partial charge >= 0.3 is 5.97 Å². The van der Waals surface area contributed by atoms with Crippen molar-refractivity contribution in [3.8, 4) is 0 Å². The SMILES string of the molecule is O=C(O)CN1CCN(Cc2ccc(Br)c(Cl)c2)CC1. The fraction of sp³-hybridized carbons (Fsp3) is 0.462. The van der Waals surface area contributed by atoms with Gasteiger partial charge in [-0.1, -0.05) is 17.7 Å². The minimum Gasteiger partial charge on any atom is -0.480 e. The van der Waals surface area contributed by atoms with E-state index < -0.39 is 5.97 Å². The molecule has 0 aliphatic carbocycles. The average molecular weight is 348 g/mol. The molecule has 4 nitrogen and oxygen atoms in total. The molecule has 2 rings (SSSR count). The van der Waals surface area contributed by atoms with Gasteiger partial charge in [-0.2, -0.15) is 0 Å². The van der Waals surface area contributed by atoms with Gasteiger partial charge in [-0.15, -0.1) is 0 Å². The highest BCUT2D eigenvalue weighted by molar-refractivity contribution is 9.10. The van der Waals surface area contributed by atoms with Gasteiger partial charge in [0.05, 0.1) is 11.6 Å². The molecule has 0 radical (unpaired) electrons. The van der Waals surface area contributed by atoms with Gasteiger partial charge in [0.25, 0.3) is 0 Å². The maximum atomic E-state index is 10.6. The first-order valence-electron chi connectivity index (χ1n) is 6.15. The minimum atomic E-state index is -0.756. The Morgan fingerprint density at radius 3 is 2.47 bits per heavy atom. The number of piperazine rings is 1. The van der Waals surface area contributed by atoms with Crippen LogP contribution in [-0.4, -0.2) is 53.6 Å². The second-order valence-corrected chi connectivity index (χ2v) is 5.96. The lowest BCUT2D eigenvalue weighted by atomic mass is 10.2. The number of halogens is 2. The highest BCUT2D eigenvalue weighted by Crippen LogP contribution is 2.24. The molecule has 0 spiro atoms. The summed E-state index contributed by atoms with van der Waals surface area (Å²) in [5.74, 6) is -0.756. The van der Waals surface area contributed by atoms with Crippen molar-refractivity contribution in [2.24, 2.45) is 0 Å². The Labute approximate surface area is 126 Å². The van der Waals surface area contributed by atoms with E-state index in [9.17, 15) is 4.79 Å². The molecule has 1 aliphatic rings. The van der Waals surface area contributed by atoms with Crippen LogP contribution in [0.5, 0.6) is 0 Å². The summed E-state index contributed by atoms with van der Waals surface area (Å²) in [7, 11) is 0. The van der Waals surface area contributed by atoms with Gasteiger partial charge in [0, 0.05) is 37.2 Å². The molecule has 0 unspecified atom stereocenters. The third kappa shape index (κ3) is 4.45. The summed E-state index contributed by atoms with van der Waals surface area (Å²) in [5.41, 5.74) is 1.18. The van der Waals surface area contributed by atoms with Crippen LogP contribution in [0.15, 0.2) is 22.7 Å². The second kappa shape index (κ2) is 6.70. The number of hydrogen-bond acceptors (Lipinski definition) is 3. The summed E-state index contributed by atoms with van der Waals surface area (Å²) in [6.07, 6.45) is 0. The number of carboxylic acid groups (broad SMARTS) is 1. The summed E-state index contributed by atoms with van der Waals surface area (Å²) in [4.78, 5) is 14.9. The summed E-state index contributed by atoms with van der Waals surface area (Å²) in [6.45, 7) is 4.38. The smallest absolute Gasteiger partial charge is 0.317 e. The quantitative estimate of drug-likeness (QED) is 0.908. The van der Waals surface area contributed by atoms with E-state index in [-0.39, 0.29) is 6.54 Å². The fourth-order valence-electron chi connectivity index (χ4n) is 2.19. The van der Waals surface area contributed by atoms with Crippen LogP contribution < -0.4 is 0 Å². The number of carboxylic acids is 1. The van der Waals surface area contributed by atoms with Crippen LogP contribution in [0.3, 0.4) is 0 Å². The number of aliphatic carboxylic acids is 1. The molecule has 1 fully saturated rings. The van der Waals surface area contributed by atoms with Gasteiger partial charge in [0.2, 0.25) is 0 Å². The van der Waals surface area contributed by atoms with Gasteiger partial charge in [-0.25, -0.2) is 0 Å². The van der Waals surface area contributed by atoms with Crippen LogP contribution in [-0.2, 0) is 11.3 Å². The molecule has 0 bridgehead atoms. The van der Waals surface area contributed by atoms with Crippen molar-refractivity contribution < 1.29 is 9.90 Å². The van der Waals surface area contributed by atoms with E-state index in [1.165, 1.54) is 5.56 Å². The van der Waals surface area contributed by atoms with Crippen LogP contribution in [0.1, 0.15) is 5.56 Å². The van der Waals surface area contributed by atoms with E-state index in [1.807, 2.05) is 17.0 Å². The zero-order chi connectivity index (χ0) is 13.8. The molecule has 1 N–H and O–H groups in total. The highest BCUT2D eigenvalue weighted by Gasteiger charge is 2.18. The van der Waals surface area contributed by atoms with Crippen molar-refractivity contribution >= 4 is 33.5 Å². The molecular weight excluding hydrogens is 332 g/mol. The highest BCUT2D eigenvalue weighted by atomic mass is 79.9. The van der Waals surface area contributed by atoms with Gasteiger partial charge in [-0.3, -0.25) is 14.6 Å². The summed E-state index contributed by atoms with van der Waals surface area (Å²) < 4.78 is 0.907. The Bertz CT molecular complexity index is 462. The van der Waals surface area contributed by atoms with Crippen molar-refractivity contribution in [2.75, 3.05) is 32.7 Å². The van der Waals surface area contributed by atoms with E-state index in [2.05, 4.69) is 26.9 Å². The van der Waals surface area contributed by atoms with Gasteiger partial charge in [0.1, 0.15) is 0 Å². The topological polar surface area (TPSA) is 43.8 Å². The zero-order valence-electron chi connectivity index (χ0n) is 10.5. The molecule has 0 saturated carbocycles. The first-order valence-corrected chi connectivity index (χ1v) is 7.32. The molecular formula is C13H16BrClN2O2. The molecule has 19 heavy (non-hydrogen) atoms. The Balaban J connectivity index is 1.85. The number of hydrogen-bond donors (Lipinski definition) is 1. The lowest BCUT2D eigenvalue weighted by Crippen LogP contribution is -2.47. The summed E-state index contributed by atoms with van der Waals surface area (Å²) >= 11 is 9.45. The zero-order valence-corrected chi connectivity index (χ0v) is 12.8. The van der Waals surface area contributed by atoms with E-state index in [0.29, 0.717) is 0 Å². The fourth-order valence-corrected chi connectivity index (χ4v) is 2.64. The van der Waals surface area contributed by atoms with E-state index in [0.717, 1.165) is 42.2 Å². The van der Waals surface area contributed by atoms with Crippen molar-refractivity contribution in [3.05, 3.63) is 33.3 Å². The van der Waals surface area contributed by atoms with Gasteiger partial charge < -0.3 is 5.11 Å². The first-order chi connectivity index (χ1) is 9.04. The predicted octanol–water partition coefficient (Wildman–Crippen LogP) is 2.30. The Kier molecular flexibility index (Phi) is 5.21. The Morgan fingerprint density at radius 1 is 1.26 bits per heavy atom. The Hall–Kier alpha value is -0.620. The van der Waals surface area contributed by atoms with Crippen molar-refractivity contribution in [3.63, 3.8) is 0 Å². The Morgan fingerprint density at radius 2 is 1.89 bits per heavy atom. The molecule has 0 amide bonds. The molecule has 0 aromatic heterocycles. The molecule has 0 atom stereocenters. The molecule has 1 heterocycles. The first kappa shape index (κ1) is 14.8. The minimum absolute atomic E-state index is 0.137. The number of carbonyl (C=O) groups is 1. The van der Waals surface area contributed by atoms with E-state index in [1.54, 1.807) is 0 Å². The van der Waals surface area contributed by atoms with Crippen molar-refractivity contribution in [1.29, 1.82) is 0 Å². The number of nitrogens with zero attached hydrogens (tertiary/aromatic N) is 2. The largest absolute Gasteiger partial charge is 0.480 e. The lowest BCUT2D eigenvalue weighted by molar-refractivity contribution is -0.138. The van der Waals surface area contributed by atoms with Crippen molar-refractivity contribution in [1.82, 2.24) is 9.80 Å². The van der Waals surface area contributed by atoms with E-state index in [4.69, 9.17) is 16.7 Å². The van der Waals surface area contributed by atoms with Crippen LogP contribution in [0.25, 0.3) is 0 Å². The molecule has 104 valence electrons. The maximum absolute atomic E-state index is 10.6. The van der Waals surface area contributed by atoms with Crippen LogP contribution in [0, 0.1) is 0 Å². The van der Waals surface area contributed by atoms with Crippen LogP contribution in [0.4, 0.5) is 0 Å². The van der Waals surface area contributed by atoms with Crippen LogP contribution in [0.2, 0.25) is 5.02 Å². The van der Waals surface area contributed by atoms with Gasteiger partial charge in [-0.05, 0) is 33.6 Å². The molecule has 1 aromatic carbocycles. The average Bonchev–Trinajstić information content (AvgIpc) is 2.36. The van der Waals surface area contributed by atoms with E-state index >= 15 is 0 Å². The monoisotopic (exact) mass is 346 g/mol. The number of rotatable bonds is 4. The third-order valence-electron chi connectivity index (χ3n) is 3.21.